The number of pyridine rings is 1. The summed E-state index contributed by atoms with van der Waals surface area (Å²) in [5, 5.41) is 2.60. The summed E-state index contributed by atoms with van der Waals surface area (Å²) in [6.45, 7) is 6.43. The molecule has 1 aromatic rings. The van der Waals surface area contributed by atoms with Crippen molar-refractivity contribution in [1.82, 2.24) is 10.3 Å². The van der Waals surface area contributed by atoms with Crippen LogP contribution in [0, 0.1) is 0 Å². The Morgan fingerprint density at radius 3 is 2.67 bits per heavy atom. The molecule has 0 unspecified atom stereocenters. The van der Waals surface area contributed by atoms with Crippen LogP contribution in [-0.2, 0) is 5.41 Å². The molecule has 3 heteroatoms. The summed E-state index contributed by atoms with van der Waals surface area (Å²) in [7, 11) is 1.62. The zero-order chi connectivity index (χ0) is 11.5. The highest BCUT2D eigenvalue weighted by Gasteiger charge is 2.19. The van der Waals surface area contributed by atoms with Crippen LogP contribution in [0.2, 0.25) is 0 Å². The predicted octanol–water partition coefficient (Wildman–Crippen LogP) is 2.13. The fourth-order valence-electron chi connectivity index (χ4n) is 1.28. The number of carbonyl (C=O) groups is 1. The summed E-state index contributed by atoms with van der Waals surface area (Å²) < 4.78 is 0. The minimum atomic E-state index is -0.0868. The lowest BCUT2D eigenvalue weighted by Gasteiger charge is -2.23. The van der Waals surface area contributed by atoms with Gasteiger partial charge in [-0.2, -0.15) is 0 Å². The van der Waals surface area contributed by atoms with Crippen LogP contribution in [0.15, 0.2) is 18.5 Å². The predicted molar refractivity (Wildman–Crippen MR) is 60.9 cm³/mol. The van der Waals surface area contributed by atoms with Crippen LogP contribution in [0.3, 0.4) is 0 Å². The van der Waals surface area contributed by atoms with Crippen LogP contribution in [-0.4, -0.2) is 17.9 Å². The molecule has 0 aliphatic rings. The third kappa shape index (κ3) is 2.55. The highest BCUT2D eigenvalue weighted by atomic mass is 16.1. The van der Waals surface area contributed by atoms with E-state index in [0.29, 0.717) is 5.56 Å². The van der Waals surface area contributed by atoms with E-state index in [9.17, 15) is 4.79 Å². The smallest absolute Gasteiger partial charge is 0.252 e. The monoisotopic (exact) mass is 206 g/mol. The SMILES string of the molecule is CCC(C)(C)c1cncc(C(=O)NC)c1. The molecular weight excluding hydrogens is 188 g/mol. The first-order chi connectivity index (χ1) is 7.01. The number of nitrogens with one attached hydrogen (secondary N) is 1. The summed E-state index contributed by atoms with van der Waals surface area (Å²) in [6, 6.07) is 1.91. The average Bonchev–Trinajstić information content (AvgIpc) is 2.28. The molecule has 1 aromatic heterocycles. The second-order valence-corrected chi connectivity index (χ2v) is 4.28. The molecule has 82 valence electrons. The maximum atomic E-state index is 11.4. The van der Waals surface area contributed by atoms with Gasteiger partial charge in [-0.05, 0) is 23.5 Å². The minimum absolute atomic E-state index is 0.0665. The van der Waals surface area contributed by atoms with E-state index in [1.807, 2.05) is 12.3 Å². The maximum Gasteiger partial charge on any atom is 0.252 e. The number of carbonyl (C=O) groups excluding carboxylic acids is 1. The number of amides is 1. The molecule has 0 spiro atoms. The van der Waals surface area contributed by atoms with Gasteiger partial charge in [0.05, 0.1) is 5.56 Å². The molecule has 0 aliphatic heterocycles. The summed E-state index contributed by atoms with van der Waals surface area (Å²) >= 11 is 0. The summed E-state index contributed by atoms with van der Waals surface area (Å²) in [5.74, 6) is -0.0868. The van der Waals surface area contributed by atoms with Gasteiger partial charge in [-0.3, -0.25) is 9.78 Å². The van der Waals surface area contributed by atoms with Crippen LogP contribution in [0.5, 0.6) is 0 Å². The topological polar surface area (TPSA) is 42.0 Å². The largest absolute Gasteiger partial charge is 0.355 e. The Hall–Kier alpha value is -1.38. The van der Waals surface area contributed by atoms with Gasteiger partial charge in [0, 0.05) is 19.4 Å². The molecule has 3 nitrogen and oxygen atoms in total. The van der Waals surface area contributed by atoms with Crippen molar-refractivity contribution in [2.45, 2.75) is 32.6 Å². The standard InChI is InChI=1S/C12H18N2O/c1-5-12(2,3)10-6-9(7-14-8-10)11(15)13-4/h6-8H,5H2,1-4H3,(H,13,15). The van der Waals surface area contributed by atoms with E-state index < -0.39 is 0 Å². The van der Waals surface area contributed by atoms with Crippen molar-refractivity contribution in [3.8, 4) is 0 Å². The van der Waals surface area contributed by atoms with Gasteiger partial charge < -0.3 is 5.32 Å². The van der Waals surface area contributed by atoms with E-state index in [1.165, 1.54) is 0 Å². The Balaban J connectivity index is 3.08. The third-order valence-corrected chi connectivity index (χ3v) is 2.89. The summed E-state index contributed by atoms with van der Waals surface area (Å²) in [6.07, 6.45) is 4.44. The molecule has 0 aliphatic carbocycles. The lowest BCUT2D eigenvalue weighted by Crippen LogP contribution is -2.21. The number of hydrogen-bond donors (Lipinski definition) is 1. The molecule has 1 heterocycles. The van der Waals surface area contributed by atoms with Crippen molar-refractivity contribution in [3.63, 3.8) is 0 Å². The number of nitrogens with zero attached hydrogens (tertiary/aromatic N) is 1. The fourth-order valence-corrected chi connectivity index (χ4v) is 1.28. The Morgan fingerprint density at radius 1 is 1.47 bits per heavy atom. The van der Waals surface area contributed by atoms with E-state index >= 15 is 0 Å². The molecule has 0 radical (unpaired) electrons. The van der Waals surface area contributed by atoms with Gasteiger partial charge in [0.2, 0.25) is 0 Å². The Labute approximate surface area is 90.9 Å². The van der Waals surface area contributed by atoms with Gasteiger partial charge in [0.15, 0.2) is 0 Å². The molecule has 1 rings (SSSR count). The molecular formula is C12H18N2O. The average molecular weight is 206 g/mol. The lowest BCUT2D eigenvalue weighted by molar-refractivity contribution is 0.0962. The van der Waals surface area contributed by atoms with E-state index in [4.69, 9.17) is 0 Å². The van der Waals surface area contributed by atoms with Crippen molar-refractivity contribution >= 4 is 5.91 Å². The first-order valence-corrected chi connectivity index (χ1v) is 5.19. The van der Waals surface area contributed by atoms with E-state index in [1.54, 1.807) is 13.2 Å². The van der Waals surface area contributed by atoms with Crippen LogP contribution < -0.4 is 5.32 Å². The normalized spacial score (nSPS) is 11.2. The Bertz CT molecular complexity index is 358. The Kier molecular flexibility index (Phi) is 3.45. The van der Waals surface area contributed by atoms with E-state index in [2.05, 4.69) is 31.1 Å². The van der Waals surface area contributed by atoms with Crippen molar-refractivity contribution in [1.29, 1.82) is 0 Å². The Morgan fingerprint density at radius 2 is 2.13 bits per heavy atom. The second-order valence-electron chi connectivity index (χ2n) is 4.28. The van der Waals surface area contributed by atoms with Crippen molar-refractivity contribution in [3.05, 3.63) is 29.6 Å². The third-order valence-electron chi connectivity index (χ3n) is 2.89. The molecule has 15 heavy (non-hydrogen) atoms. The van der Waals surface area contributed by atoms with Gasteiger partial charge >= 0.3 is 0 Å². The van der Waals surface area contributed by atoms with Crippen LogP contribution >= 0.6 is 0 Å². The molecule has 1 N–H and O–H groups in total. The van der Waals surface area contributed by atoms with Crippen LogP contribution in [0.4, 0.5) is 0 Å². The van der Waals surface area contributed by atoms with Gasteiger partial charge in [0.25, 0.3) is 5.91 Å². The number of aromatic nitrogens is 1. The quantitative estimate of drug-likeness (QED) is 0.823. The summed E-state index contributed by atoms with van der Waals surface area (Å²) in [5.41, 5.74) is 1.79. The molecule has 0 bridgehead atoms. The minimum Gasteiger partial charge on any atom is -0.355 e. The first-order valence-electron chi connectivity index (χ1n) is 5.19. The highest BCUT2D eigenvalue weighted by molar-refractivity contribution is 5.93. The van der Waals surface area contributed by atoms with E-state index in [0.717, 1.165) is 12.0 Å². The van der Waals surface area contributed by atoms with E-state index in [-0.39, 0.29) is 11.3 Å². The molecule has 1 amide bonds. The zero-order valence-electron chi connectivity index (χ0n) is 9.79. The number of rotatable bonds is 3. The molecule has 0 atom stereocenters. The van der Waals surface area contributed by atoms with Crippen LogP contribution in [0.1, 0.15) is 43.1 Å². The second kappa shape index (κ2) is 4.43. The lowest BCUT2D eigenvalue weighted by atomic mass is 9.83. The van der Waals surface area contributed by atoms with Crippen molar-refractivity contribution < 1.29 is 4.79 Å². The maximum absolute atomic E-state index is 11.4. The molecule has 0 aromatic carbocycles. The molecule has 0 saturated carbocycles. The van der Waals surface area contributed by atoms with Gasteiger partial charge in [-0.25, -0.2) is 0 Å². The van der Waals surface area contributed by atoms with Gasteiger partial charge in [-0.1, -0.05) is 20.8 Å². The summed E-state index contributed by atoms with van der Waals surface area (Å²) in [4.78, 5) is 15.5. The van der Waals surface area contributed by atoms with Crippen molar-refractivity contribution in [2.75, 3.05) is 7.05 Å². The first kappa shape index (κ1) is 11.7. The zero-order valence-corrected chi connectivity index (χ0v) is 9.79. The van der Waals surface area contributed by atoms with Gasteiger partial charge in [0.1, 0.15) is 0 Å². The van der Waals surface area contributed by atoms with Crippen LogP contribution in [0.25, 0.3) is 0 Å². The van der Waals surface area contributed by atoms with Crippen molar-refractivity contribution in [2.24, 2.45) is 0 Å². The molecule has 0 fully saturated rings. The molecule has 0 saturated heterocycles. The fraction of sp³-hybridized carbons (Fsp3) is 0.500. The number of hydrogen-bond acceptors (Lipinski definition) is 2. The van der Waals surface area contributed by atoms with Gasteiger partial charge in [-0.15, -0.1) is 0 Å². The highest BCUT2D eigenvalue weighted by Crippen LogP contribution is 2.26.